The summed E-state index contributed by atoms with van der Waals surface area (Å²) in [5, 5.41) is 1.64. The maximum Gasteiger partial charge on any atom is 0.150 e. The summed E-state index contributed by atoms with van der Waals surface area (Å²) in [5.74, 6) is 2.00. The Kier molecular flexibility index (Phi) is 4.10. The van der Waals surface area contributed by atoms with E-state index in [-0.39, 0.29) is 6.04 Å². The Bertz CT molecular complexity index is 480. The molecule has 1 unspecified atom stereocenters. The predicted molar refractivity (Wildman–Crippen MR) is 75.2 cm³/mol. The molecule has 0 amide bonds. The molecule has 1 fully saturated rings. The summed E-state index contributed by atoms with van der Waals surface area (Å²) in [6.45, 7) is 5.85. The van der Waals surface area contributed by atoms with Gasteiger partial charge in [0.2, 0.25) is 0 Å². The molecule has 1 atom stereocenters. The van der Waals surface area contributed by atoms with Crippen molar-refractivity contribution in [2.45, 2.75) is 19.9 Å². The molecule has 1 aliphatic heterocycles. The van der Waals surface area contributed by atoms with Crippen molar-refractivity contribution >= 4 is 17.3 Å². The summed E-state index contributed by atoms with van der Waals surface area (Å²) in [5.41, 5.74) is 8.00. The van der Waals surface area contributed by atoms with Crippen LogP contribution in [0.5, 0.6) is 0 Å². The third-order valence-electron chi connectivity index (χ3n) is 3.29. The van der Waals surface area contributed by atoms with E-state index >= 15 is 0 Å². The standard InChI is InChI=1S/C14H19N3O2/c1-3-19-17-9-8-16(11(2)14(17)10-18)13-6-4-12(15)5-7-13/h4-7,11H,3,8-9,15H2,1-2H3. The molecule has 0 saturated carbocycles. The molecule has 1 aliphatic rings. The van der Waals surface area contributed by atoms with Crippen molar-refractivity contribution in [3.8, 4) is 0 Å². The summed E-state index contributed by atoms with van der Waals surface area (Å²) in [7, 11) is 0. The number of nitrogens with two attached hydrogens (primary N) is 1. The second kappa shape index (κ2) is 5.78. The Labute approximate surface area is 113 Å². The minimum Gasteiger partial charge on any atom is -0.399 e. The maximum absolute atomic E-state index is 11.2. The first-order valence-electron chi connectivity index (χ1n) is 6.45. The average molecular weight is 261 g/mol. The number of nitrogens with zero attached hydrogens (tertiary/aromatic N) is 2. The van der Waals surface area contributed by atoms with Gasteiger partial charge in [-0.05, 0) is 38.1 Å². The van der Waals surface area contributed by atoms with Gasteiger partial charge < -0.3 is 10.6 Å². The molecule has 1 heterocycles. The van der Waals surface area contributed by atoms with Crippen LogP contribution in [-0.2, 0) is 9.63 Å². The highest BCUT2D eigenvalue weighted by atomic mass is 16.7. The van der Waals surface area contributed by atoms with Crippen LogP contribution < -0.4 is 10.6 Å². The molecule has 2 rings (SSSR count). The lowest BCUT2D eigenvalue weighted by Crippen LogP contribution is -2.50. The molecule has 0 bridgehead atoms. The van der Waals surface area contributed by atoms with E-state index in [4.69, 9.17) is 10.6 Å². The van der Waals surface area contributed by atoms with Gasteiger partial charge in [-0.25, -0.2) is 9.86 Å². The zero-order valence-corrected chi connectivity index (χ0v) is 11.3. The Balaban J connectivity index is 2.21. The molecule has 1 aromatic carbocycles. The summed E-state index contributed by atoms with van der Waals surface area (Å²) in [4.78, 5) is 18.8. The molecule has 102 valence electrons. The second-order valence-corrected chi connectivity index (χ2v) is 4.47. The smallest absolute Gasteiger partial charge is 0.150 e. The van der Waals surface area contributed by atoms with Crippen LogP contribution in [0.25, 0.3) is 0 Å². The highest BCUT2D eigenvalue weighted by Crippen LogP contribution is 2.26. The minimum absolute atomic E-state index is 0.0681. The van der Waals surface area contributed by atoms with Crippen LogP contribution >= 0.6 is 0 Å². The summed E-state index contributed by atoms with van der Waals surface area (Å²) in [6.07, 6.45) is 0. The third kappa shape index (κ3) is 2.72. The van der Waals surface area contributed by atoms with Crippen LogP contribution in [0, 0.1) is 0 Å². The molecule has 0 aliphatic carbocycles. The number of hydroxylamine groups is 2. The van der Waals surface area contributed by atoms with Crippen molar-refractivity contribution in [2.24, 2.45) is 0 Å². The van der Waals surface area contributed by atoms with E-state index in [2.05, 4.69) is 4.90 Å². The zero-order chi connectivity index (χ0) is 13.8. The lowest BCUT2D eigenvalue weighted by atomic mass is 10.1. The number of hydrogen-bond acceptors (Lipinski definition) is 5. The van der Waals surface area contributed by atoms with E-state index in [1.165, 1.54) is 0 Å². The van der Waals surface area contributed by atoms with E-state index in [0.29, 0.717) is 18.8 Å². The van der Waals surface area contributed by atoms with Crippen LogP contribution in [0.1, 0.15) is 13.8 Å². The summed E-state index contributed by atoms with van der Waals surface area (Å²) < 4.78 is 0. The summed E-state index contributed by atoms with van der Waals surface area (Å²) >= 11 is 0. The number of nitrogen functional groups attached to an aromatic ring is 1. The van der Waals surface area contributed by atoms with Crippen molar-refractivity contribution in [3.05, 3.63) is 30.0 Å². The number of anilines is 2. The van der Waals surface area contributed by atoms with Gasteiger partial charge in [0.05, 0.1) is 19.2 Å². The van der Waals surface area contributed by atoms with E-state index < -0.39 is 0 Å². The lowest BCUT2D eigenvalue weighted by Gasteiger charge is -2.41. The van der Waals surface area contributed by atoms with E-state index in [1.54, 1.807) is 5.06 Å². The zero-order valence-electron chi connectivity index (χ0n) is 11.3. The number of piperazine rings is 1. The molecule has 5 nitrogen and oxygen atoms in total. The average Bonchev–Trinajstić information content (AvgIpc) is 2.41. The van der Waals surface area contributed by atoms with Crippen molar-refractivity contribution in [3.63, 3.8) is 0 Å². The van der Waals surface area contributed by atoms with Crippen LogP contribution in [0.3, 0.4) is 0 Å². The molecule has 1 saturated heterocycles. The Morgan fingerprint density at radius 1 is 1.37 bits per heavy atom. The van der Waals surface area contributed by atoms with Gasteiger partial charge in [-0.15, -0.1) is 0 Å². The largest absolute Gasteiger partial charge is 0.399 e. The molecule has 0 radical (unpaired) electrons. The second-order valence-electron chi connectivity index (χ2n) is 4.47. The fourth-order valence-electron chi connectivity index (χ4n) is 2.31. The van der Waals surface area contributed by atoms with Gasteiger partial charge >= 0.3 is 0 Å². The first kappa shape index (κ1) is 13.5. The van der Waals surface area contributed by atoms with Gasteiger partial charge in [-0.1, -0.05) is 0 Å². The van der Waals surface area contributed by atoms with Crippen molar-refractivity contribution in [1.29, 1.82) is 0 Å². The maximum atomic E-state index is 11.2. The first-order valence-corrected chi connectivity index (χ1v) is 6.45. The van der Waals surface area contributed by atoms with Crippen molar-refractivity contribution in [2.75, 3.05) is 30.3 Å². The molecule has 1 aromatic rings. The minimum atomic E-state index is -0.0681. The Morgan fingerprint density at radius 3 is 2.63 bits per heavy atom. The number of rotatable bonds is 3. The predicted octanol–water partition coefficient (Wildman–Crippen LogP) is 1.45. The molecular formula is C14H19N3O2. The van der Waals surface area contributed by atoms with Gasteiger partial charge in [0, 0.05) is 17.9 Å². The van der Waals surface area contributed by atoms with Gasteiger partial charge in [0.15, 0.2) is 0 Å². The topological polar surface area (TPSA) is 58.8 Å². The monoisotopic (exact) mass is 261 g/mol. The first-order chi connectivity index (χ1) is 9.17. The Hall–Kier alpha value is -1.97. The van der Waals surface area contributed by atoms with Gasteiger partial charge in [0.25, 0.3) is 0 Å². The van der Waals surface area contributed by atoms with Crippen molar-refractivity contribution in [1.82, 2.24) is 5.06 Å². The normalized spacial score (nSPS) is 19.5. The van der Waals surface area contributed by atoms with Gasteiger partial charge in [-0.3, -0.25) is 4.84 Å². The molecular weight excluding hydrogens is 242 g/mol. The van der Waals surface area contributed by atoms with Crippen LogP contribution in [-0.4, -0.2) is 36.7 Å². The van der Waals surface area contributed by atoms with Crippen LogP contribution in [0.2, 0.25) is 0 Å². The lowest BCUT2D eigenvalue weighted by molar-refractivity contribution is -0.132. The molecule has 0 spiro atoms. The van der Waals surface area contributed by atoms with E-state index in [0.717, 1.165) is 17.9 Å². The molecule has 2 N–H and O–H groups in total. The number of benzene rings is 1. The fraction of sp³-hybridized carbons (Fsp3) is 0.429. The summed E-state index contributed by atoms with van der Waals surface area (Å²) in [6, 6.07) is 7.58. The van der Waals surface area contributed by atoms with E-state index in [9.17, 15) is 4.79 Å². The van der Waals surface area contributed by atoms with E-state index in [1.807, 2.05) is 44.1 Å². The fourth-order valence-corrected chi connectivity index (χ4v) is 2.31. The molecule has 0 aromatic heterocycles. The van der Waals surface area contributed by atoms with Crippen LogP contribution in [0.4, 0.5) is 11.4 Å². The highest BCUT2D eigenvalue weighted by molar-refractivity contribution is 5.60. The van der Waals surface area contributed by atoms with Gasteiger partial charge in [0.1, 0.15) is 11.6 Å². The van der Waals surface area contributed by atoms with Crippen LogP contribution in [0.15, 0.2) is 30.0 Å². The Morgan fingerprint density at radius 2 is 2.05 bits per heavy atom. The molecule has 5 heteroatoms. The van der Waals surface area contributed by atoms with Gasteiger partial charge in [-0.2, -0.15) is 0 Å². The quantitative estimate of drug-likeness (QED) is 0.659. The number of hydrogen-bond donors (Lipinski definition) is 1. The highest BCUT2D eigenvalue weighted by Gasteiger charge is 2.30. The van der Waals surface area contributed by atoms with Crippen molar-refractivity contribution < 1.29 is 9.63 Å². The number of carbonyl (C=O) groups excluding carboxylic acids is 1. The molecule has 19 heavy (non-hydrogen) atoms. The third-order valence-corrected chi connectivity index (χ3v) is 3.29. The SMILES string of the molecule is CCON1CCN(c2ccc(N)cc2)C(C)C1=C=O.